The van der Waals surface area contributed by atoms with Gasteiger partial charge in [0.2, 0.25) is 0 Å². The molecule has 8 heteroatoms. The van der Waals surface area contributed by atoms with Crippen LogP contribution in [-0.2, 0) is 0 Å². The molecule has 1 aromatic heterocycles. The number of carbonyl (C=O) groups is 1. The van der Waals surface area contributed by atoms with E-state index in [2.05, 4.69) is 11.0 Å². The molecule has 0 aliphatic carbocycles. The molecule has 3 aromatic rings. The van der Waals surface area contributed by atoms with Gasteiger partial charge in [0, 0.05) is 28.6 Å². The van der Waals surface area contributed by atoms with Gasteiger partial charge in [0.15, 0.2) is 5.13 Å². The first kappa shape index (κ1) is 22.0. The van der Waals surface area contributed by atoms with E-state index >= 15 is 0 Å². The van der Waals surface area contributed by atoms with Crippen molar-refractivity contribution in [3.8, 4) is 0 Å². The fraction of sp³-hybridized carbons (Fsp3) is 0.263. The molecule has 144 valence electrons. The first-order valence-electron chi connectivity index (χ1n) is 8.15. The van der Waals surface area contributed by atoms with Gasteiger partial charge in [0.25, 0.3) is 5.91 Å². The number of benzene rings is 2. The van der Waals surface area contributed by atoms with Crippen molar-refractivity contribution in [1.29, 1.82) is 0 Å². The number of hydrogen-bond acceptors (Lipinski definition) is 5. The van der Waals surface area contributed by atoms with Gasteiger partial charge in [-0.15, -0.1) is 24.2 Å². The van der Waals surface area contributed by atoms with E-state index in [0.29, 0.717) is 17.1 Å². The molecule has 0 aliphatic rings. The summed E-state index contributed by atoms with van der Waals surface area (Å²) in [4.78, 5) is 22.9. The Balaban J connectivity index is 0.00000261. The quantitative estimate of drug-likeness (QED) is 0.486. The maximum absolute atomic E-state index is 13.1. The minimum Gasteiger partial charge on any atom is -0.308 e. The third-order valence-electron chi connectivity index (χ3n) is 3.93. The number of aromatic nitrogens is 1. The van der Waals surface area contributed by atoms with Crippen LogP contribution in [0.15, 0.2) is 47.4 Å². The zero-order valence-corrected chi connectivity index (χ0v) is 18.5. The summed E-state index contributed by atoms with van der Waals surface area (Å²) >= 11 is 9.17. The van der Waals surface area contributed by atoms with Gasteiger partial charge >= 0.3 is 0 Å². The number of hydrogen-bond donors (Lipinski definition) is 0. The number of likely N-dealkylation sites (N-methyl/N-ethyl adjacent to an activating group) is 1. The van der Waals surface area contributed by atoms with E-state index in [4.69, 9.17) is 16.6 Å². The number of halogens is 2. The summed E-state index contributed by atoms with van der Waals surface area (Å²) in [7, 11) is 3.99. The van der Waals surface area contributed by atoms with Gasteiger partial charge in [-0.05, 0) is 56.7 Å². The third-order valence-corrected chi connectivity index (χ3v) is 5.99. The smallest absolute Gasteiger partial charge is 0.260 e. The predicted octanol–water partition coefficient (Wildman–Crippen LogP) is 5.30. The molecule has 2 aromatic carbocycles. The zero-order chi connectivity index (χ0) is 18.7. The molecule has 0 radical (unpaired) electrons. The number of amides is 1. The minimum atomic E-state index is -0.0618. The summed E-state index contributed by atoms with van der Waals surface area (Å²) in [6.45, 7) is 1.33. The molecule has 0 fully saturated rings. The van der Waals surface area contributed by atoms with Crippen LogP contribution in [-0.4, -0.2) is 49.2 Å². The molecule has 0 spiro atoms. The lowest BCUT2D eigenvalue weighted by atomic mass is 10.2. The number of thioether (sulfide) groups is 1. The number of fused-ring (bicyclic) bond motifs is 1. The molecule has 0 aliphatic heterocycles. The van der Waals surface area contributed by atoms with E-state index in [1.54, 1.807) is 52.3 Å². The van der Waals surface area contributed by atoms with Crippen molar-refractivity contribution in [2.75, 3.05) is 38.3 Å². The second kappa shape index (κ2) is 9.75. The number of nitrogens with zero attached hydrogens (tertiary/aromatic N) is 3. The maximum atomic E-state index is 13.1. The molecule has 0 bridgehead atoms. The summed E-state index contributed by atoms with van der Waals surface area (Å²) in [6, 6.07) is 13.1. The lowest BCUT2D eigenvalue weighted by Gasteiger charge is -2.22. The Bertz CT molecular complexity index is 913. The van der Waals surface area contributed by atoms with E-state index in [9.17, 15) is 4.79 Å². The molecule has 1 amide bonds. The standard InChI is InChI=1S/C19H20ClN3OS2.ClH/c1-22(2)11-12-23(18(24)13-7-9-14(20)10-8-13)19-21-17-15(25-3)5-4-6-16(17)26-19;/h4-10H,11-12H2,1-3H3;1H. The molecule has 0 N–H and O–H groups in total. The van der Waals surface area contributed by atoms with Crippen molar-refractivity contribution in [2.45, 2.75) is 4.90 Å². The fourth-order valence-electron chi connectivity index (χ4n) is 2.52. The monoisotopic (exact) mass is 441 g/mol. The van der Waals surface area contributed by atoms with Gasteiger partial charge in [0.05, 0.1) is 10.2 Å². The van der Waals surface area contributed by atoms with Gasteiger partial charge < -0.3 is 4.90 Å². The Hall–Kier alpha value is -1.31. The van der Waals surface area contributed by atoms with Gasteiger partial charge in [-0.1, -0.05) is 29.0 Å². The van der Waals surface area contributed by atoms with E-state index in [0.717, 1.165) is 26.8 Å². The average Bonchev–Trinajstić information content (AvgIpc) is 3.05. The molecule has 0 saturated carbocycles. The van der Waals surface area contributed by atoms with Crippen molar-refractivity contribution >= 4 is 68.4 Å². The fourth-order valence-corrected chi connectivity index (χ4v) is 4.30. The Morgan fingerprint density at radius 3 is 2.48 bits per heavy atom. The zero-order valence-electron chi connectivity index (χ0n) is 15.3. The number of anilines is 1. The number of carbonyl (C=O) groups excluding carboxylic acids is 1. The summed E-state index contributed by atoms with van der Waals surface area (Å²) in [5.74, 6) is -0.0618. The van der Waals surface area contributed by atoms with E-state index in [1.807, 2.05) is 32.5 Å². The lowest BCUT2D eigenvalue weighted by Crippen LogP contribution is -2.36. The molecule has 3 rings (SSSR count). The molecule has 1 heterocycles. The first-order valence-corrected chi connectivity index (χ1v) is 10.6. The van der Waals surface area contributed by atoms with E-state index in [-0.39, 0.29) is 18.3 Å². The van der Waals surface area contributed by atoms with Gasteiger partial charge in [0.1, 0.15) is 0 Å². The van der Waals surface area contributed by atoms with Crippen LogP contribution in [0.4, 0.5) is 5.13 Å². The van der Waals surface area contributed by atoms with Gasteiger partial charge in [-0.25, -0.2) is 4.98 Å². The third kappa shape index (κ3) is 5.15. The normalized spacial score (nSPS) is 10.9. The molecular formula is C19H21Cl2N3OS2. The number of para-hydroxylation sites is 1. The van der Waals surface area contributed by atoms with Crippen LogP contribution in [0.1, 0.15) is 10.4 Å². The molecule has 27 heavy (non-hydrogen) atoms. The summed E-state index contributed by atoms with van der Waals surface area (Å²) < 4.78 is 1.09. The number of rotatable bonds is 6. The van der Waals surface area contributed by atoms with Crippen LogP contribution < -0.4 is 4.90 Å². The topological polar surface area (TPSA) is 36.4 Å². The van der Waals surface area contributed by atoms with Crippen molar-refractivity contribution in [3.05, 3.63) is 53.1 Å². The summed E-state index contributed by atoms with van der Waals surface area (Å²) in [5.41, 5.74) is 1.57. The van der Waals surface area contributed by atoms with E-state index in [1.165, 1.54) is 0 Å². The minimum absolute atomic E-state index is 0. The largest absolute Gasteiger partial charge is 0.308 e. The van der Waals surface area contributed by atoms with Crippen molar-refractivity contribution in [2.24, 2.45) is 0 Å². The van der Waals surface area contributed by atoms with Crippen LogP contribution in [0.5, 0.6) is 0 Å². The van der Waals surface area contributed by atoms with Crippen molar-refractivity contribution in [1.82, 2.24) is 9.88 Å². The highest BCUT2D eigenvalue weighted by Crippen LogP contribution is 2.34. The summed E-state index contributed by atoms with van der Waals surface area (Å²) in [5, 5.41) is 1.34. The van der Waals surface area contributed by atoms with Crippen molar-refractivity contribution < 1.29 is 4.79 Å². The van der Waals surface area contributed by atoms with Crippen LogP contribution >= 0.6 is 47.1 Å². The van der Waals surface area contributed by atoms with Crippen LogP contribution in [0, 0.1) is 0 Å². The molecule has 0 atom stereocenters. The molecule has 0 saturated heterocycles. The van der Waals surface area contributed by atoms with Crippen LogP contribution in [0.3, 0.4) is 0 Å². The summed E-state index contributed by atoms with van der Waals surface area (Å²) in [6.07, 6.45) is 2.04. The Labute approximate surface area is 178 Å². The van der Waals surface area contributed by atoms with Crippen LogP contribution in [0.25, 0.3) is 10.2 Å². The molecule has 4 nitrogen and oxygen atoms in total. The predicted molar refractivity (Wildman–Crippen MR) is 120 cm³/mol. The Morgan fingerprint density at radius 2 is 1.85 bits per heavy atom. The lowest BCUT2D eigenvalue weighted by molar-refractivity contribution is 0.0985. The number of thiazole rings is 1. The van der Waals surface area contributed by atoms with Crippen molar-refractivity contribution in [3.63, 3.8) is 0 Å². The maximum Gasteiger partial charge on any atom is 0.260 e. The SMILES string of the molecule is CSc1cccc2sc(N(CCN(C)C)C(=O)c3ccc(Cl)cc3)nc12.Cl. The highest BCUT2D eigenvalue weighted by Gasteiger charge is 2.22. The second-order valence-corrected chi connectivity index (χ2v) is 8.36. The second-order valence-electron chi connectivity index (χ2n) is 6.07. The average molecular weight is 442 g/mol. The molecule has 0 unspecified atom stereocenters. The van der Waals surface area contributed by atoms with Gasteiger partial charge in [-0.2, -0.15) is 0 Å². The molecular weight excluding hydrogens is 421 g/mol. The Kier molecular flexibility index (Phi) is 7.94. The van der Waals surface area contributed by atoms with E-state index < -0.39 is 0 Å². The highest BCUT2D eigenvalue weighted by molar-refractivity contribution is 7.98. The first-order chi connectivity index (χ1) is 12.5. The highest BCUT2D eigenvalue weighted by atomic mass is 35.5. The van der Waals surface area contributed by atoms with Crippen LogP contribution in [0.2, 0.25) is 5.02 Å². The Morgan fingerprint density at radius 1 is 1.15 bits per heavy atom. The van der Waals surface area contributed by atoms with Gasteiger partial charge in [-0.3, -0.25) is 9.69 Å².